The monoisotopic (exact) mass is 357 g/mol. The van der Waals surface area contributed by atoms with Crippen LogP contribution in [0.2, 0.25) is 0 Å². The van der Waals surface area contributed by atoms with Crippen molar-refractivity contribution in [1.82, 2.24) is 4.37 Å². The molecule has 1 aromatic carbocycles. The van der Waals surface area contributed by atoms with Gasteiger partial charge in [-0.25, -0.2) is 4.79 Å². The fraction of sp³-hybridized carbons (Fsp3) is 0.444. The third kappa shape index (κ3) is 4.15. The first kappa shape index (κ1) is 17.8. The summed E-state index contributed by atoms with van der Waals surface area (Å²) in [6.07, 6.45) is 1.48. The van der Waals surface area contributed by atoms with Crippen molar-refractivity contribution in [2.75, 3.05) is 16.8 Å². The molecule has 0 radical (unpaired) electrons. The molecule has 1 N–H and O–H groups in total. The van der Waals surface area contributed by atoms with Crippen molar-refractivity contribution in [1.29, 1.82) is 0 Å². The molecular weight excluding hydrogens is 333 g/mol. The van der Waals surface area contributed by atoms with Crippen LogP contribution < -0.4 is 15.7 Å². The molecule has 3 rings (SSSR count). The summed E-state index contributed by atoms with van der Waals surface area (Å²) in [5.74, 6) is 0. The van der Waals surface area contributed by atoms with Gasteiger partial charge in [-0.3, -0.25) is 4.90 Å². The van der Waals surface area contributed by atoms with E-state index in [-0.39, 0.29) is 18.2 Å². The maximum atomic E-state index is 12.6. The largest absolute Gasteiger partial charge is 0.446 e. The SMILES string of the molecule is Bc1ccc2c(c1)C(Nc1cc(C)ns1)CCCN2C(=O)OC(C)C. The van der Waals surface area contributed by atoms with Crippen LogP contribution in [-0.4, -0.2) is 31.0 Å². The van der Waals surface area contributed by atoms with Crippen LogP contribution >= 0.6 is 11.5 Å². The van der Waals surface area contributed by atoms with Crippen LogP contribution in [0.5, 0.6) is 0 Å². The summed E-state index contributed by atoms with van der Waals surface area (Å²) in [6, 6.07) is 8.47. The average molecular weight is 357 g/mol. The van der Waals surface area contributed by atoms with Crippen LogP contribution in [0.3, 0.4) is 0 Å². The maximum absolute atomic E-state index is 12.6. The Labute approximate surface area is 154 Å². The van der Waals surface area contributed by atoms with Crippen molar-refractivity contribution >= 4 is 41.6 Å². The smallest absolute Gasteiger partial charge is 0.414 e. The van der Waals surface area contributed by atoms with E-state index in [2.05, 4.69) is 29.7 Å². The lowest BCUT2D eigenvalue weighted by Gasteiger charge is -2.25. The third-order valence-electron chi connectivity index (χ3n) is 4.23. The number of rotatable bonds is 3. The second-order valence-electron chi connectivity index (χ2n) is 6.82. The number of aryl methyl sites for hydroxylation is 1. The molecule has 1 aliphatic heterocycles. The van der Waals surface area contributed by atoms with Gasteiger partial charge >= 0.3 is 6.09 Å². The van der Waals surface area contributed by atoms with Gasteiger partial charge in [0, 0.05) is 6.54 Å². The summed E-state index contributed by atoms with van der Waals surface area (Å²) in [7, 11) is 2.08. The Hall–Kier alpha value is -2.02. The molecule has 7 heteroatoms. The number of aromatic nitrogens is 1. The molecule has 0 spiro atoms. The first-order valence-electron chi connectivity index (χ1n) is 8.72. The predicted octanol–water partition coefficient (Wildman–Crippen LogP) is 3.01. The molecule has 2 heterocycles. The van der Waals surface area contributed by atoms with Crippen LogP contribution in [-0.2, 0) is 4.74 Å². The number of amides is 1. The molecule has 0 saturated heterocycles. The number of anilines is 2. The Morgan fingerprint density at radius 2 is 2.24 bits per heavy atom. The highest BCUT2D eigenvalue weighted by Gasteiger charge is 2.28. The van der Waals surface area contributed by atoms with Crippen molar-refractivity contribution in [3.8, 4) is 0 Å². The van der Waals surface area contributed by atoms with Gasteiger partial charge in [0.25, 0.3) is 0 Å². The van der Waals surface area contributed by atoms with Gasteiger partial charge in [-0.1, -0.05) is 17.6 Å². The van der Waals surface area contributed by atoms with Crippen LogP contribution in [0.15, 0.2) is 24.3 Å². The van der Waals surface area contributed by atoms with Gasteiger partial charge < -0.3 is 10.1 Å². The standard InChI is InChI=1S/C18H24BN3O2S/c1-11(2)24-18(23)22-8-4-5-15(20-17-9-12(3)21-25-17)14-10-13(19)6-7-16(14)22/h6-7,9-11,15,20H,4-5,8,19H2,1-3H3. The summed E-state index contributed by atoms with van der Waals surface area (Å²) in [4.78, 5) is 14.3. The summed E-state index contributed by atoms with van der Waals surface area (Å²) in [5, 5.41) is 4.67. The number of ether oxygens (including phenoxy) is 1. The second kappa shape index (κ2) is 7.48. The number of hydrogen-bond donors (Lipinski definition) is 1. The lowest BCUT2D eigenvalue weighted by Crippen LogP contribution is -2.34. The Balaban J connectivity index is 1.93. The van der Waals surface area contributed by atoms with E-state index in [9.17, 15) is 4.79 Å². The van der Waals surface area contributed by atoms with E-state index in [1.54, 1.807) is 4.90 Å². The summed E-state index contributed by atoms with van der Waals surface area (Å²) in [6.45, 7) is 6.42. The minimum absolute atomic E-state index is 0.126. The molecule has 25 heavy (non-hydrogen) atoms. The average Bonchev–Trinajstić information content (AvgIpc) is 2.86. The van der Waals surface area contributed by atoms with Crippen LogP contribution in [0.25, 0.3) is 0 Å². The Kier molecular flexibility index (Phi) is 5.32. The molecule has 1 unspecified atom stereocenters. The number of fused-ring (bicyclic) bond motifs is 1. The van der Waals surface area contributed by atoms with E-state index < -0.39 is 0 Å². The molecule has 0 bridgehead atoms. The van der Waals surface area contributed by atoms with Crippen molar-refractivity contribution in [3.63, 3.8) is 0 Å². The molecule has 1 atom stereocenters. The lowest BCUT2D eigenvalue weighted by atomic mass is 9.90. The van der Waals surface area contributed by atoms with E-state index in [0.29, 0.717) is 6.54 Å². The highest BCUT2D eigenvalue weighted by atomic mass is 32.1. The molecule has 1 aliphatic rings. The molecule has 1 amide bonds. The zero-order valence-corrected chi connectivity index (χ0v) is 16.0. The summed E-state index contributed by atoms with van der Waals surface area (Å²) < 4.78 is 9.80. The molecule has 132 valence electrons. The fourth-order valence-corrected chi connectivity index (χ4v) is 3.85. The fourth-order valence-electron chi connectivity index (χ4n) is 3.14. The van der Waals surface area contributed by atoms with Gasteiger partial charge in [-0.05, 0) is 62.8 Å². The quantitative estimate of drug-likeness (QED) is 0.858. The van der Waals surface area contributed by atoms with Crippen molar-refractivity contribution in [3.05, 3.63) is 35.5 Å². The van der Waals surface area contributed by atoms with E-state index >= 15 is 0 Å². The van der Waals surface area contributed by atoms with Gasteiger partial charge in [0.15, 0.2) is 0 Å². The second-order valence-corrected chi connectivity index (χ2v) is 7.62. The molecule has 0 saturated carbocycles. The number of benzene rings is 1. The summed E-state index contributed by atoms with van der Waals surface area (Å²) >= 11 is 1.48. The number of carbonyl (C=O) groups is 1. The number of carbonyl (C=O) groups excluding carboxylic acids is 1. The number of nitrogens with one attached hydrogen (secondary N) is 1. The van der Waals surface area contributed by atoms with E-state index in [0.717, 1.165) is 34.8 Å². The van der Waals surface area contributed by atoms with Gasteiger partial charge in [0.2, 0.25) is 0 Å². The zero-order valence-electron chi connectivity index (χ0n) is 15.2. The number of nitrogens with zero attached hydrogens (tertiary/aromatic N) is 2. The molecule has 0 aliphatic carbocycles. The Bertz CT molecular complexity index is 763. The Morgan fingerprint density at radius 1 is 1.44 bits per heavy atom. The molecule has 2 aromatic rings. The normalized spacial score (nSPS) is 17.1. The van der Waals surface area contributed by atoms with E-state index in [1.165, 1.54) is 17.0 Å². The van der Waals surface area contributed by atoms with Gasteiger partial charge in [0.1, 0.15) is 12.8 Å². The van der Waals surface area contributed by atoms with Gasteiger partial charge in [0.05, 0.1) is 23.5 Å². The van der Waals surface area contributed by atoms with Crippen molar-refractivity contribution < 1.29 is 9.53 Å². The molecular formula is C18H24BN3O2S. The first-order chi connectivity index (χ1) is 11.9. The Morgan fingerprint density at radius 3 is 2.92 bits per heavy atom. The maximum Gasteiger partial charge on any atom is 0.414 e. The highest BCUT2D eigenvalue weighted by Crippen LogP contribution is 2.35. The topological polar surface area (TPSA) is 54.5 Å². The zero-order chi connectivity index (χ0) is 18.0. The molecule has 5 nitrogen and oxygen atoms in total. The van der Waals surface area contributed by atoms with Crippen LogP contribution in [0.1, 0.15) is 44.0 Å². The third-order valence-corrected chi connectivity index (χ3v) is 5.04. The van der Waals surface area contributed by atoms with Crippen LogP contribution in [0, 0.1) is 6.92 Å². The van der Waals surface area contributed by atoms with Crippen molar-refractivity contribution in [2.24, 2.45) is 0 Å². The van der Waals surface area contributed by atoms with Gasteiger partial charge in [-0.15, -0.1) is 0 Å². The van der Waals surface area contributed by atoms with Crippen LogP contribution in [0.4, 0.5) is 15.5 Å². The van der Waals surface area contributed by atoms with Crippen molar-refractivity contribution in [2.45, 2.75) is 45.8 Å². The van der Waals surface area contributed by atoms with E-state index in [1.807, 2.05) is 32.9 Å². The summed E-state index contributed by atoms with van der Waals surface area (Å²) in [5.41, 5.74) is 4.29. The first-order valence-corrected chi connectivity index (χ1v) is 9.50. The highest BCUT2D eigenvalue weighted by molar-refractivity contribution is 7.10. The minimum Gasteiger partial charge on any atom is -0.446 e. The number of hydrogen-bond acceptors (Lipinski definition) is 5. The molecule has 0 fully saturated rings. The minimum atomic E-state index is -0.269. The predicted molar refractivity (Wildman–Crippen MR) is 106 cm³/mol. The molecule has 1 aromatic heterocycles. The lowest BCUT2D eigenvalue weighted by molar-refractivity contribution is 0.122. The van der Waals surface area contributed by atoms with Gasteiger partial charge in [-0.2, -0.15) is 4.37 Å². The van der Waals surface area contributed by atoms with E-state index in [4.69, 9.17) is 4.74 Å².